The van der Waals surface area contributed by atoms with Crippen molar-refractivity contribution in [3.8, 4) is 0 Å². The second kappa shape index (κ2) is 9.43. The van der Waals surface area contributed by atoms with Crippen molar-refractivity contribution < 1.29 is 31.1 Å². The highest BCUT2D eigenvalue weighted by Gasteiger charge is 2.39. The largest absolute Gasteiger partial charge is 0.389 e. The molecule has 2 rings (SSSR count). The quantitative estimate of drug-likeness (QED) is 0.669. The topological polar surface area (TPSA) is 89.7 Å². The molecule has 1 aromatic rings. The third kappa shape index (κ3) is 6.33. The highest BCUT2D eigenvalue weighted by molar-refractivity contribution is 7.89. The Morgan fingerprint density at radius 3 is 2.43 bits per heavy atom. The van der Waals surface area contributed by atoms with Crippen LogP contribution in [0.2, 0.25) is 5.02 Å². The maximum absolute atomic E-state index is 13.1. The van der Waals surface area contributed by atoms with Crippen molar-refractivity contribution in [3.63, 3.8) is 0 Å². The van der Waals surface area contributed by atoms with E-state index in [1.165, 1.54) is 24.3 Å². The van der Waals surface area contributed by atoms with Gasteiger partial charge in [-0.05, 0) is 49.9 Å². The number of amides is 1. The average molecular weight is 443 g/mol. The Labute approximate surface area is 166 Å². The number of sulfonamides is 1. The first-order valence-corrected chi connectivity index (χ1v) is 10.6. The van der Waals surface area contributed by atoms with Crippen LogP contribution in [0, 0.1) is 0 Å². The first-order chi connectivity index (χ1) is 13.0. The number of alkyl halides is 3. The summed E-state index contributed by atoms with van der Waals surface area (Å²) in [6, 6.07) is 3.51. The molecule has 11 heteroatoms. The molecule has 0 saturated carbocycles. The molecule has 0 aliphatic carbocycles. The van der Waals surface area contributed by atoms with E-state index in [1.807, 2.05) is 0 Å². The molecule has 158 valence electrons. The highest BCUT2D eigenvalue weighted by Crippen LogP contribution is 2.28. The fourth-order valence-electron chi connectivity index (χ4n) is 3.02. The molecule has 2 unspecified atom stereocenters. The summed E-state index contributed by atoms with van der Waals surface area (Å²) >= 11 is 5.78. The van der Waals surface area contributed by atoms with Crippen LogP contribution >= 0.6 is 11.6 Å². The molecule has 1 aliphatic heterocycles. The number of halogens is 4. The number of nitrogens with two attached hydrogens (primary N) is 1. The van der Waals surface area contributed by atoms with Gasteiger partial charge in [0, 0.05) is 24.6 Å². The van der Waals surface area contributed by atoms with Gasteiger partial charge in [-0.25, -0.2) is 8.42 Å². The van der Waals surface area contributed by atoms with Gasteiger partial charge in [-0.3, -0.25) is 4.79 Å². The van der Waals surface area contributed by atoms with E-state index in [2.05, 4.69) is 0 Å². The number of hydrogen-bond donors (Lipinski definition) is 1. The Morgan fingerprint density at radius 2 is 1.93 bits per heavy atom. The summed E-state index contributed by atoms with van der Waals surface area (Å²) < 4.78 is 70.6. The lowest BCUT2D eigenvalue weighted by atomic mass is 10.1. The van der Waals surface area contributed by atoms with Gasteiger partial charge in [0.1, 0.15) is 6.04 Å². The monoisotopic (exact) mass is 442 g/mol. The zero-order valence-corrected chi connectivity index (χ0v) is 16.6. The number of primary amides is 1. The van der Waals surface area contributed by atoms with Crippen LogP contribution in [0.1, 0.15) is 32.1 Å². The van der Waals surface area contributed by atoms with Crippen molar-refractivity contribution in [2.24, 2.45) is 5.73 Å². The van der Waals surface area contributed by atoms with Crippen LogP contribution in [0.15, 0.2) is 29.2 Å². The summed E-state index contributed by atoms with van der Waals surface area (Å²) in [6.07, 6.45) is -5.03. The van der Waals surface area contributed by atoms with Crippen LogP contribution in [-0.4, -0.2) is 50.1 Å². The molecular weight excluding hydrogens is 421 g/mol. The Morgan fingerprint density at radius 1 is 1.29 bits per heavy atom. The van der Waals surface area contributed by atoms with Crippen molar-refractivity contribution in [1.29, 1.82) is 0 Å². The molecular formula is C17H22ClF3N2O4S. The van der Waals surface area contributed by atoms with E-state index >= 15 is 0 Å². The SMILES string of the molecule is NC(=O)C(CCC(F)(F)F)N(CC1CCCCO1)S(=O)(=O)c1ccc(Cl)cc1. The lowest BCUT2D eigenvalue weighted by Crippen LogP contribution is -2.51. The third-order valence-corrected chi connectivity index (χ3v) is 6.60. The molecule has 0 aromatic heterocycles. The minimum Gasteiger partial charge on any atom is -0.377 e. The number of carbonyl (C=O) groups is 1. The van der Waals surface area contributed by atoms with Crippen LogP contribution < -0.4 is 5.73 Å². The summed E-state index contributed by atoms with van der Waals surface area (Å²) in [5.41, 5.74) is 5.30. The number of benzene rings is 1. The van der Waals surface area contributed by atoms with Crippen molar-refractivity contribution >= 4 is 27.5 Å². The van der Waals surface area contributed by atoms with E-state index in [9.17, 15) is 26.4 Å². The molecule has 1 saturated heterocycles. The van der Waals surface area contributed by atoms with Gasteiger partial charge in [-0.1, -0.05) is 11.6 Å². The van der Waals surface area contributed by atoms with Gasteiger partial charge in [-0.2, -0.15) is 17.5 Å². The molecule has 1 heterocycles. The molecule has 0 radical (unpaired) electrons. The fourth-order valence-corrected chi connectivity index (χ4v) is 4.80. The summed E-state index contributed by atoms with van der Waals surface area (Å²) in [6.45, 7) is 0.166. The van der Waals surface area contributed by atoms with E-state index in [-0.39, 0.29) is 11.4 Å². The summed E-state index contributed by atoms with van der Waals surface area (Å²) in [5.74, 6) is -1.14. The predicted octanol–water partition coefficient (Wildman–Crippen LogP) is 3.10. The second-order valence-corrected chi connectivity index (χ2v) is 8.92. The standard InChI is InChI=1S/C17H22ClF3N2O4S/c18-12-4-6-14(7-5-12)28(25,26)23(11-13-3-1-2-10-27-13)15(16(22)24)8-9-17(19,20)21/h4-7,13,15H,1-3,8-11H2,(H2,22,24). The van der Waals surface area contributed by atoms with E-state index in [0.29, 0.717) is 18.1 Å². The molecule has 1 aliphatic rings. The molecule has 2 N–H and O–H groups in total. The van der Waals surface area contributed by atoms with Crippen LogP contribution in [0.3, 0.4) is 0 Å². The Balaban J connectivity index is 2.38. The summed E-state index contributed by atoms with van der Waals surface area (Å²) in [5, 5.41) is 0.296. The molecule has 1 fully saturated rings. The normalized spacial score (nSPS) is 19.5. The smallest absolute Gasteiger partial charge is 0.377 e. The Bertz CT molecular complexity index is 766. The van der Waals surface area contributed by atoms with E-state index in [1.54, 1.807) is 0 Å². The minimum absolute atomic E-state index is 0.189. The van der Waals surface area contributed by atoms with Crippen molar-refractivity contribution in [1.82, 2.24) is 4.31 Å². The molecule has 1 amide bonds. The van der Waals surface area contributed by atoms with Gasteiger partial charge in [0.25, 0.3) is 0 Å². The van der Waals surface area contributed by atoms with Crippen LogP contribution in [0.5, 0.6) is 0 Å². The fraction of sp³-hybridized carbons (Fsp3) is 0.588. The zero-order valence-electron chi connectivity index (χ0n) is 15.0. The number of rotatable bonds is 8. The van der Waals surface area contributed by atoms with Crippen molar-refractivity contribution in [3.05, 3.63) is 29.3 Å². The Hall–Kier alpha value is -1.36. The van der Waals surface area contributed by atoms with E-state index < -0.39 is 47.1 Å². The molecule has 6 nitrogen and oxygen atoms in total. The van der Waals surface area contributed by atoms with E-state index in [0.717, 1.165) is 17.1 Å². The average Bonchev–Trinajstić information content (AvgIpc) is 2.61. The molecule has 2 atom stereocenters. The molecule has 28 heavy (non-hydrogen) atoms. The minimum atomic E-state index is -4.55. The molecule has 0 spiro atoms. The second-order valence-electron chi connectivity index (χ2n) is 6.59. The zero-order chi connectivity index (χ0) is 20.9. The van der Waals surface area contributed by atoms with Gasteiger partial charge in [0.15, 0.2) is 0 Å². The summed E-state index contributed by atoms with van der Waals surface area (Å²) in [7, 11) is -4.30. The van der Waals surface area contributed by atoms with E-state index in [4.69, 9.17) is 22.1 Å². The van der Waals surface area contributed by atoms with Crippen LogP contribution in [0.25, 0.3) is 0 Å². The third-order valence-electron chi connectivity index (χ3n) is 4.46. The lowest BCUT2D eigenvalue weighted by Gasteiger charge is -2.33. The van der Waals surface area contributed by atoms with Crippen LogP contribution in [0.4, 0.5) is 13.2 Å². The van der Waals surface area contributed by atoms with Crippen LogP contribution in [-0.2, 0) is 19.6 Å². The number of ether oxygens (including phenoxy) is 1. The van der Waals surface area contributed by atoms with Crippen molar-refractivity contribution in [2.45, 2.75) is 55.3 Å². The molecule has 1 aromatic carbocycles. The maximum Gasteiger partial charge on any atom is 0.389 e. The van der Waals surface area contributed by atoms with Gasteiger partial charge < -0.3 is 10.5 Å². The van der Waals surface area contributed by atoms with Gasteiger partial charge in [0.05, 0.1) is 11.0 Å². The van der Waals surface area contributed by atoms with Gasteiger partial charge in [0.2, 0.25) is 15.9 Å². The number of carbonyl (C=O) groups excluding carboxylic acids is 1. The lowest BCUT2D eigenvalue weighted by molar-refractivity contribution is -0.140. The van der Waals surface area contributed by atoms with Crippen molar-refractivity contribution in [2.75, 3.05) is 13.2 Å². The maximum atomic E-state index is 13.1. The first-order valence-electron chi connectivity index (χ1n) is 8.76. The first kappa shape index (κ1) is 22.9. The number of nitrogens with zero attached hydrogens (tertiary/aromatic N) is 1. The Kier molecular flexibility index (Phi) is 7.72. The predicted molar refractivity (Wildman–Crippen MR) is 97.2 cm³/mol. The molecule has 0 bridgehead atoms. The number of hydrogen-bond acceptors (Lipinski definition) is 4. The highest BCUT2D eigenvalue weighted by atomic mass is 35.5. The summed E-state index contributed by atoms with van der Waals surface area (Å²) in [4.78, 5) is 11.7. The van der Waals surface area contributed by atoms with Gasteiger partial charge >= 0.3 is 6.18 Å². The van der Waals surface area contributed by atoms with Gasteiger partial charge in [-0.15, -0.1) is 0 Å².